The SMILES string of the molecule is CC(C)(C)Oc1cccc(F)c1C#N. The van der Waals surface area contributed by atoms with Crippen molar-refractivity contribution in [3.8, 4) is 11.8 Å². The summed E-state index contributed by atoms with van der Waals surface area (Å²) in [5.74, 6) is -0.255. The minimum absolute atomic E-state index is 0.0394. The van der Waals surface area contributed by atoms with E-state index in [0.29, 0.717) is 5.75 Å². The molecule has 14 heavy (non-hydrogen) atoms. The molecule has 1 aromatic carbocycles. The lowest BCUT2D eigenvalue weighted by Gasteiger charge is -2.21. The number of hydrogen-bond donors (Lipinski definition) is 0. The van der Waals surface area contributed by atoms with Crippen LogP contribution in [-0.4, -0.2) is 5.60 Å². The van der Waals surface area contributed by atoms with Gasteiger partial charge in [0.05, 0.1) is 0 Å². The number of rotatable bonds is 1. The highest BCUT2D eigenvalue weighted by atomic mass is 19.1. The van der Waals surface area contributed by atoms with Crippen LogP contribution in [0.3, 0.4) is 0 Å². The first-order chi connectivity index (χ1) is 6.44. The van der Waals surface area contributed by atoms with E-state index >= 15 is 0 Å². The van der Waals surface area contributed by atoms with E-state index in [9.17, 15) is 4.39 Å². The van der Waals surface area contributed by atoms with Gasteiger partial charge in [0.2, 0.25) is 0 Å². The van der Waals surface area contributed by atoms with Crippen LogP contribution in [0.2, 0.25) is 0 Å². The van der Waals surface area contributed by atoms with Crippen molar-refractivity contribution in [3.63, 3.8) is 0 Å². The lowest BCUT2D eigenvalue weighted by Crippen LogP contribution is -2.23. The topological polar surface area (TPSA) is 33.0 Å². The highest BCUT2D eigenvalue weighted by molar-refractivity contribution is 5.44. The second-order valence-corrected chi connectivity index (χ2v) is 3.94. The van der Waals surface area contributed by atoms with Crippen LogP contribution in [-0.2, 0) is 0 Å². The molecule has 0 N–H and O–H groups in total. The second kappa shape index (κ2) is 3.67. The molecule has 2 nitrogen and oxygen atoms in total. The maximum atomic E-state index is 13.1. The van der Waals surface area contributed by atoms with Crippen molar-refractivity contribution >= 4 is 0 Å². The van der Waals surface area contributed by atoms with E-state index in [2.05, 4.69) is 0 Å². The van der Waals surface area contributed by atoms with Crippen molar-refractivity contribution in [1.29, 1.82) is 5.26 Å². The zero-order valence-corrected chi connectivity index (χ0v) is 8.47. The third kappa shape index (κ3) is 2.46. The number of nitriles is 1. The van der Waals surface area contributed by atoms with Gasteiger partial charge in [-0.25, -0.2) is 4.39 Å². The van der Waals surface area contributed by atoms with E-state index in [1.165, 1.54) is 12.1 Å². The molecule has 0 unspecified atom stereocenters. The quantitative estimate of drug-likeness (QED) is 0.687. The number of hydrogen-bond acceptors (Lipinski definition) is 2. The third-order valence-corrected chi connectivity index (χ3v) is 1.50. The summed E-state index contributed by atoms with van der Waals surface area (Å²) in [6.45, 7) is 5.54. The van der Waals surface area contributed by atoms with Crippen molar-refractivity contribution in [2.45, 2.75) is 26.4 Å². The highest BCUT2D eigenvalue weighted by Crippen LogP contribution is 2.24. The van der Waals surface area contributed by atoms with Crippen LogP contribution < -0.4 is 4.74 Å². The molecule has 0 spiro atoms. The Morgan fingerprint density at radius 2 is 2.00 bits per heavy atom. The Morgan fingerprint density at radius 3 is 2.50 bits per heavy atom. The molecule has 0 amide bonds. The second-order valence-electron chi connectivity index (χ2n) is 3.94. The predicted molar refractivity (Wildman–Crippen MR) is 51.5 cm³/mol. The predicted octanol–water partition coefficient (Wildman–Crippen LogP) is 2.87. The van der Waals surface area contributed by atoms with E-state index in [1.807, 2.05) is 20.8 Å². The lowest BCUT2D eigenvalue weighted by molar-refractivity contribution is 0.130. The minimum Gasteiger partial charge on any atom is -0.487 e. The summed E-state index contributed by atoms with van der Waals surface area (Å²) in [5.41, 5.74) is -0.471. The van der Waals surface area contributed by atoms with Crippen molar-refractivity contribution in [2.75, 3.05) is 0 Å². The normalized spacial score (nSPS) is 10.8. The Bertz CT molecular complexity index is 374. The van der Waals surface area contributed by atoms with E-state index in [-0.39, 0.29) is 5.56 Å². The summed E-state index contributed by atoms with van der Waals surface area (Å²) in [5, 5.41) is 8.73. The van der Waals surface area contributed by atoms with Crippen molar-refractivity contribution in [3.05, 3.63) is 29.6 Å². The first-order valence-corrected chi connectivity index (χ1v) is 4.31. The van der Waals surface area contributed by atoms with Gasteiger partial charge in [-0.3, -0.25) is 0 Å². The highest BCUT2D eigenvalue weighted by Gasteiger charge is 2.16. The van der Waals surface area contributed by atoms with Gasteiger partial charge >= 0.3 is 0 Å². The summed E-state index contributed by atoms with van der Waals surface area (Å²) < 4.78 is 18.6. The van der Waals surface area contributed by atoms with Crippen molar-refractivity contribution < 1.29 is 9.13 Å². The van der Waals surface area contributed by atoms with Crippen LogP contribution in [0.5, 0.6) is 5.75 Å². The smallest absolute Gasteiger partial charge is 0.144 e. The first-order valence-electron chi connectivity index (χ1n) is 4.31. The molecule has 0 bridgehead atoms. The van der Waals surface area contributed by atoms with Gasteiger partial charge in [0, 0.05) is 0 Å². The Labute approximate surface area is 82.9 Å². The Morgan fingerprint density at radius 1 is 1.36 bits per heavy atom. The van der Waals surface area contributed by atoms with Crippen LogP contribution in [0, 0.1) is 17.1 Å². The first kappa shape index (κ1) is 10.5. The molecule has 1 aromatic rings. The molecule has 0 saturated carbocycles. The number of ether oxygens (including phenoxy) is 1. The molecule has 0 aromatic heterocycles. The molecule has 1 rings (SSSR count). The molecule has 0 atom stereocenters. The van der Waals surface area contributed by atoms with E-state index in [0.717, 1.165) is 0 Å². The van der Waals surface area contributed by atoms with Gasteiger partial charge in [0.25, 0.3) is 0 Å². The molecule has 0 radical (unpaired) electrons. The van der Waals surface area contributed by atoms with Gasteiger partial charge in [0.15, 0.2) is 0 Å². The molecular formula is C11H12FNO. The van der Waals surface area contributed by atoms with Crippen molar-refractivity contribution in [1.82, 2.24) is 0 Å². The summed E-state index contributed by atoms with van der Waals surface area (Å²) in [6, 6.07) is 6.15. The maximum absolute atomic E-state index is 13.1. The number of nitrogens with zero attached hydrogens (tertiary/aromatic N) is 1. The van der Waals surface area contributed by atoms with Gasteiger partial charge in [0.1, 0.15) is 28.8 Å². The molecule has 0 saturated heterocycles. The fourth-order valence-electron chi connectivity index (χ4n) is 1.03. The van der Waals surface area contributed by atoms with Crippen LogP contribution in [0.1, 0.15) is 26.3 Å². The van der Waals surface area contributed by atoms with Gasteiger partial charge in [-0.1, -0.05) is 6.07 Å². The Hall–Kier alpha value is -1.56. The van der Waals surface area contributed by atoms with Crippen LogP contribution in [0.25, 0.3) is 0 Å². The molecule has 0 aliphatic carbocycles. The van der Waals surface area contributed by atoms with Crippen molar-refractivity contribution in [2.24, 2.45) is 0 Å². The maximum Gasteiger partial charge on any atom is 0.144 e. The van der Waals surface area contributed by atoms with Gasteiger partial charge in [-0.05, 0) is 32.9 Å². The average Bonchev–Trinajstić information content (AvgIpc) is 2.01. The number of halogens is 1. The molecular weight excluding hydrogens is 181 g/mol. The third-order valence-electron chi connectivity index (χ3n) is 1.50. The fourth-order valence-corrected chi connectivity index (χ4v) is 1.03. The van der Waals surface area contributed by atoms with E-state index in [4.69, 9.17) is 10.00 Å². The summed E-state index contributed by atoms with van der Waals surface area (Å²) in [6.07, 6.45) is 0. The monoisotopic (exact) mass is 193 g/mol. The zero-order valence-electron chi connectivity index (χ0n) is 8.47. The average molecular weight is 193 g/mol. The molecule has 0 fully saturated rings. The largest absolute Gasteiger partial charge is 0.487 e. The number of benzene rings is 1. The molecule has 0 aliphatic rings. The summed E-state index contributed by atoms with van der Waals surface area (Å²) in [7, 11) is 0. The Kier molecular flexibility index (Phi) is 2.76. The molecule has 3 heteroatoms. The summed E-state index contributed by atoms with van der Waals surface area (Å²) in [4.78, 5) is 0. The van der Waals surface area contributed by atoms with Gasteiger partial charge in [-0.15, -0.1) is 0 Å². The van der Waals surface area contributed by atoms with E-state index in [1.54, 1.807) is 12.1 Å². The van der Waals surface area contributed by atoms with E-state index < -0.39 is 11.4 Å². The standard InChI is InChI=1S/C11H12FNO/c1-11(2,3)14-10-6-4-5-9(12)8(10)7-13/h4-6H,1-3H3. The van der Waals surface area contributed by atoms with Crippen LogP contribution in [0.4, 0.5) is 4.39 Å². The Balaban J connectivity index is 3.10. The van der Waals surface area contributed by atoms with Gasteiger partial charge < -0.3 is 4.74 Å². The lowest BCUT2D eigenvalue weighted by atomic mass is 10.1. The fraction of sp³-hybridized carbons (Fsp3) is 0.364. The van der Waals surface area contributed by atoms with Gasteiger partial charge in [-0.2, -0.15) is 5.26 Å². The molecule has 0 aliphatic heterocycles. The summed E-state index contributed by atoms with van der Waals surface area (Å²) >= 11 is 0. The zero-order chi connectivity index (χ0) is 10.8. The van der Waals surface area contributed by atoms with Crippen LogP contribution in [0.15, 0.2) is 18.2 Å². The molecule has 74 valence electrons. The molecule has 0 heterocycles. The minimum atomic E-state index is -0.547. The van der Waals surface area contributed by atoms with Crippen LogP contribution >= 0.6 is 0 Å².